The maximum absolute atomic E-state index is 12.0. The molecule has 0 bridgehead atoms. The standard InChI is InChI=1S/C9H10F3NO2.ClH/c1-5(4-9(10,11)12)6-2-3-7(13-6)8(14)15;/h2-3,5,13H,4H2,1H3,(H,14,15);1H. The highest BCUT2D eigenvalue weighted by atomic mass is 35.5. The van der Waals surface area contributed by atoms with Crippen molar-refractivity contribution in [1.82, 2.24) is 4.98 Å². The van der Waals surface area contributed by atoms with Crippen LogP contribution in [-0.4, -0.2) is 22.2 Å². The van der Waals surface area contributed by atoms with Gasteiger partial charge in [-0.3, -0.25) is 0 Å². The van der Waals surface area contributed by atoms with Gasteiger partial charge in [-0.1, -0.05) is 6.92 Å². The first-order chi connectivity index (χ1) is 6.79. The highest BCUT2D eigenvalue weighted by Crippen LogP contribution is 2.30. The minimum absolute atomic E-state index is 0. The molecule has 0 aliphatic carbocycles. The van der Waals surface area contributed by atoms with Gasteiger partial charge >= 0.3 is 12.1 Å². The van der Waals surface area contributed by atoms with Gasteiger partial charge in [0.25, 0.3) is 0 Å². The maximum atomic E-state index is 12.0. The molecule has 1 aromatic heterocycles. The summed E-state index contributed by atoms with van der Waals surface area (Å²) >= 11 is 0. The molecular weight excluding hydrogens is 247 g/mol. The van der Waals surface area contributed by atoms with E-state index >= 15 is 0 Å². The number of rotatable bonds is 3. The molecule has 0 aliphatic heterocycles. The van der Waals surface area contributed by atoms with Gasteiger partial charge in [0.1, 0.15) is 5.69 Å². The van der Waals surface area contributed by atoms with Crippen LogP contribution in [0.15, 0.2) is 12.1 Å². The molecule has 2 N–H and O–H groups in total. The highest BCUT2D eigenvalue weighted by molar-refractivity contribution is 5.85. The Morgan fingerprint density at radius 2 is 2.06 bits per heavy atom. The summed E-state index contributed by atoms with van der Waals surface area (Å²) in [5, 5.41) is 8.56. The van der Waals surface area contributed by atoms with Crippen LogP contribution in [-0.2, 0) is 0 Å². The molecule has 0 fully saturated rings. The van der Waals surface area contributed by atoms with E-state index in [1.54, 1.807) is 0 Å². The number of nitrogens with one attached hydrogen (secondary N) is 1. The van der Waals surface area contributed by atoms with E-state index in [2.05, 4.69) is 4.98 Å². The molecule has 1 heterocycles. The molecule has 0 saturated heterocycles. The van der Waals surface area contributed by atoms with E-state index in [1.165, 1.54) is 19.1 Å². The van der Waals surface area contributed by atoms with Gasteiger partial charge < -0.3 is 10.1 Å². The fraction of sp³-hybridized carbons (Fsp3) is 0.444. The summed E-state index contributed by atoms with van der Waals surface area (Å²) in [5.41, 5.74) is 0.184. The Morgan fingerprint density at radius 3 is 2.44 bits per heavy atom. The monoisotopic (exact) mass is 257 g/mol. The third-order valence-electron chi connectivity index (χ3n) is 2.01. The van der Waals surface area contributed by atoms with Crippen molar-refractivity contribution in [2.75, 3.05) is 0 Å². The van der Waals surface area contributed by atoms with Gasteiger partial charge in [-0.25, -0.2) is 4.79 Å². The Labute approximate surface area is 96.1 Å². The van der Waals surface area contributed by atoms with Crippen molar-refractivity contribution in [1.29, 1.82) is 0 Å². The summed E-state index contributed by atoms with van der Waals surface area (Å²) < 4.78 is 36.1. The number of aromatic amines is 1. The van der Waals surface area contributed by atoms with E-state index in [-0.39, 0.29) is 23.8 Å². The fourth-order valence-electron chi connectivity index (χ4n) is 1.28. The molecule has 7 heteroatoms. The van der Waals surface area contributed by atoms with Crippen LogP contribution in [0.3, 0.4) is 0 Å². The maximum Gasteiger partial charge on any atom is 0.389 e. The lowest BCUT2D eigenvalue weighted by Gasteiger charge is -2.12. The number of halogens is 4. The zero-order valence-corrected chi connectivity index (χ0v) is 9.15. The molecular formula is C9H11ClF3NO2. The fourth-order valence-corrected chi connectivity index (χ4v) is 1.28. The molecule has 1 atom stereocenters. The number of H-pyrrole nitrogens is 1. The summed E-state index contributed by atoms with van der Waals surface area (Å²) in [5.74, 6) is -1.95. The lowest BCUT2D eigenvalue weighted by molar-refractivity contribution is -0.138. The second kappa shape index (κ2) is 5.25. The predicted octanol–water partition coefficient (Wildman–Crippen LogP) is 3.19. The van der Waals surface area contributed by atoms with Crippen LogP contribution in [0.2, 0.25) is 0 Å². The minimum atomic E-state index is -4.24. The number of carbonyl (C=O) groups is 1. The van der Waals surface area contributed by atoms with Crippen LogP contribution < -0.4 is 0 Å². The number of hydrogen-bond donors (Lipinski definition) is 2. The first kappa shape index (κ1) is 14.8. The highest BCUT2D eigenvalue weighted by Gasteiger charge is 2.31. The van der Waals surface area contributed by atoms with E-state index < -0.39 is 24.5 Å². The Morgan fingerprint density at radius 1 is 1.50 bits per heavy atom. The van der Waals surface area contributed by atoms with E-state index in [0.29, 0.717) is 0 Å². The average molecular weight is 258 g/mol. The molecule has 0 spiro atoms. The van der Waals surface area contributed by atoms with Crippen LogP contribution in [0.4, 0.5) is 13.2 Å². The number of alkyl halides is 3. The largest absolute Gasteiger partial charge is 0.477 e. The normalized spacial score (nSPS) is 13.0. The summed E-state index contributed by atoms with van der Waals surface area (Å²) in [6.45, 7) is 1.39. The van der Waals surface area contributed by atoms with E-state index in [1.807, 2.05) is 0 Å². The van der Waals surface area contributed by atoms with Gasteiger partial charge in [-0.2, -0.15) is 13.2 Å². The molecule has 0 aromatic carbocycles. The number of aromatic carboxylic acids is 1. The average Bonchev–Trinajstić information content (AvgIpc) is 2.47. The zero-order valence-electron chi connectivity index (χ0n) is 8.34. The molecule has 16 heavy (non-hydrogen) atoms. The van der Waals surface area contributed by atoms with Crippen molar-refractivity contribution in [2.45, 2.75) is 25.4 Å². The predicted molar refractivity (Wildman–Crippen MR) is 54.1 cm³/mol. The van der Waals surface area contributed by atoms with Crippen molar-refractivity contribution in [2.24, 2.45) is 0 Å². The third-order valence-corrected chi connectivity index (χ3v) is 2.01. The van der Waals surface area contributed by atoms with Crippen LogP contribution in [0.1, 0.15) is 35.4 Å². The summed E-state index contributed by atoms with van der Waals surface area (Å²) in [4.78, 5) is 12.9. The Balaban J connectivity index is 0.00000225. The van der Waals surface area contributed by atoms with Gasteiger partial charge in [0.15, 0.2) is 0 Å². The van der Waals surface area contributed by atoms with Crippen molar-refractivity contribution in [3.8, 4) is 0 Å². The quantitative estimate of drug-likeness (QED) is 0.874. The zero-order chi connectivity index (χ0) is 11.6. The molecule has 1 aromatic rings. The van der Waals surface area contributed by atoms with Crippen LogP contribution >= 0.6 is 12.4 Å². The van der Waals surface area contributed by atoms with E-state index in [9.17, 15) is 18.0 Å². The molecule has 1 rings (SSSR count). The lowest BCUT2D eigenvalue weighted by Crippen LogP contribution is -2.12. The first-order valence-corrected chi connectivity index (χ1v) is 4.28. The number of carboxylic acids is 1. The third kappa shape index (κ3) is 4.14. The molecule has 0 saturated carbocycles. The van der Waals surface area contributed by atoms with E-state index in [4.69, 9.17) is 5.11 Å². The molecule has 1 unspecified atom stereocenters. The van der Waals surface area contributed by atoms with Crippen molar-refractivity contribution < 1.29 is 23.1 Å². The second-order valence-corrected chi connectivity index (χ2v) is 3.35. The SMILES string of the molecule is CC(CC(F)(F)F)c1ccc(C(=O)O)[nH]1.Cl. The van der Waals surface area contributed by atoms with Gasteiger partial charge in [-0.15, -0.1) is 12.4 Å². The summed E-state index contributed by atoms with van der Waals surface area (Å²) in [6, 6.07) is 2.62. The van der Waals surface area contributed by atoms with Gasteiger partial charge in [0.2, 0.25) is 0 Å². The smallest absolute Gasteiger partial charge is 0.389 e. The Kier molecular flexibility index (Phi) is 4.86. The Hall–Kier alpha value is -1.17. The number of aromatic nitrogens is 1. The van der Waals surface area contributed by atoms with Gasteiger partial charge in [0.05, 0.1) is 6.42 Å². The van der Waals surface area contributed by atoms with Crippen molar-refractivity contribution in [3.63, 3.8) is 0 Å². The summed E-state index contributed by atoms with van der Waals surface area (Å²) in [6.07, 6.45) is -5.21. The van der Waals surface area contributed by atoms with Crippen LogP contribution in [0, 0.1) is 0 Å². The second-order valence-electron chi connectivity index (χ2n) is 3.35. The lowest BCUT2D eigenvalue weighted by atomic mass is 10.0. The van der Waals surface area contributed by atoms with Crippen LogP contribution in [0.5, 0.6) is 0 Å². The number of carboxylic acid groups (broad SMARTS) is 1. The summed E-state index contributed by atoms with van der Waals surface area (Å²) in [7, 11) is 0. The first-order valence-electron chi connectivity index (χ1n) is 4.28. The molecule has 0 aliphatic rings. The molecule has 92 valence electrons. The van der Waals surface area contributed by atoms with Crippen molar-refractivity contribution >= 4 is 18.4 Å². The van der Waals surface area contributed by atoms with Gasteiger partial charge in [0, 0.05) is 11.6 Å². The van der Waals surface area contributed by atoms with E-state index in [0.717, 1.165) is 0 Å². The number of hydrogen-bond acceptors (Lipinski definition) is 1. The molecule has 0 radical (unpaired) electrons. The van der Waals surface area contributed by atoms with Gasteiger partial charge in [-0.05, 0) is 12.1 Å². The Bertz CT molecular complexity index is 362. The molecule has 3 nitrogen and oxygen atoms in total. The minimum Gasteiger partial charge on any atom is -0.477 e. The topological polar surface area (TPSA) is 53.1 Å². The van der Waals surface area contributed by atoms with Crippen LogP contribution in [0.25, 0.3) is 0 Å². The molecule has 0 amide bonds. The van der Waals surface area contributed by atoms with Crippen molar-refractivity contribution in [3.05, 3.63) is 23.5 Å².